The summed E-state index contributed by atoms with van der Waals surface area (Å²) >= 11 is 6.27. The van der Waals surface area contributed by atoms with Gasteiger partial charge >= 0.3 is 0 Å². The second kappa shape index (κ2) is 4.71. The van der Waals surface area contributed by atoms with Crippen molar-refractivity contribution in [3.8, 4) is 0 Å². The first-order chi connectivity index (χ1) is 9.16. The Morgan fingerprint density at radius 2 is 2.16 bits per heavy atom. The molecule has 1 aliphatic heterocycles. The van der Waals surface area contributed by atoms with Gasteiger partial charge in [0.1, 0.15) is 0 Å². The van der Waals surface area contributed by atoms with E-state index < -0.39 is 0 Å². The Bertz CT molecular complexity index is 640. The number of anilines is 1. The number of fused-ring (bicyclic) bond motifs is 2. The number of Topliss-reactive ketones (excluding diaryl/α,β-unsaturated/α-hetero) is 1. The Balaban J connectivity index is 2.23. The van der Waals surface area contributed by atoms with Crippen LogP contribution in [0.2, 0.25) is 0 Å². The molecule has 96 valence electrons. The molecule has 0 amide bonds. The minimum Gasteiger partial charge on any atom is -0.377 e. The first kappa shape index (κ1) is 12.2. The van der Waals surface area contributed by atoms with Crippen molar-refractivity contribution in [2.24, 2.45) is 0 Å². The summed E-state index contributed by atoms with van der Waals surface area (Å²) in [5.41, 5.74) is 3.64. The van der Waals surface area contributed by atoms with Crippen molar-refractivity contribution in [1.82, 2.24) is 0 Å². The monoisotopic (exact) mass is 271 g/mol. The quantitative estimate of drug-likeness (QED) is 0.839. The van der Waals surface area contributed by atoms with Crippen molar-refractivity contribution in [1.29, 1.82) is 0 Å². The van der Waals surface area contributed by atoms with Crippen LogP contribution in [0.1, 0.15) is 18.9 Å². The van der Waals surface area contributed by atoms with Crippen LogP contribution in [0.5, 0.6) is 0 Å². The highest BCUT2D eigenvalue weighted by molar-refractivity contribution is 6.32. The molecular weight excluding hydrogens is 258 g/mol. The molecule has 1 aliphatic carbocycles. The zero-order valence-corrected chi connectivity index (χ0v) is 11.4. The van der Waals surface area contributed by atoms with Gasteiger partial charge in [-0.25, -0.2) is 0 Å². The lowest BCUT2D eigenvalue weighted by Crippen LogP contribution is -2.22. The van der Waals surface area contributed by atoms with Gasteiger partial charge in [0.15, 0.2) is 5.78 Å². The van der Waals surface area contributed by atoms with Gasteiger partial charge in [-0.3, -0.25) is 4.79 Å². The predicted molar refractivity (Wildman–Crippen MR) is 79.1 cm³/mol. The van der Waals surface area contributed by atoms with Gasteiger partial charge in [-0.1, -0.05) is 35.9 Å². The minimum atomic E-state index is 0.0569. The smallest absolute Gasteiger partial charge is 0.160 e. The maximum Gasteiger partial charge on any atom is 0.160 e. The molecule has 0 radical (unpaired) electrons. The molecular formula is C16H14ClNO. The van der Waals surface area contributed by atoms with Crippen LogP contribution in [0.4, 0.5) is 5.69 Å². The number of carbonyl (C=O) groups excluding carboxylic acids is 1. The Kier molecular flexibility index (Phi) is 3.03. The summed E-state index contributed by atoms with van der Waals surface area (Å²) in [6.45, 7) is 1.59. The average Bonchev–Trinajstić information content (AvgIpc) is 2.56. The zero-order valence-electron chi connectivity index (χ0n) is 10.6. The summed E-state index contributed by atoms with van der Waals surface area (Å²) in [6, 6.07) is 8.02. The van der Waals surface area contributed by atoms with Crippen molar-refractivity contribution in [3.05, 3.63) is 58.7 Å². The molecule has 0 spiro atoms. The standard InChI is InChI=1S/C16H14ClNO/c1-10(19)12-9-13-14(17)6-4-8-16(13)18-15-7-3-2-5-11(12)15/h2-7,9,16,18H,8H2,1H3. The number of allylic oxidation sites excluding steroid dienone is 3. The number of halogens is 1. The molecule has 0 saturated heterocycles. The summed E-state index contributed by atoms with van der Waals surface area (Å²) in [7, 11) is 0. The number of carbonyl (C=O) groups is 1. The zero-order chi connectivity index (χ0) is 13.4. The van der Waals surface area contributed by atoms with Crippen molar-refractivity contribution in [2.75, 3.05) is 5.32 Å². The van der Waals surface area contributed by atoms with Crippen LogP contribution >= 0.6 is 11.6 Å². The molecule has 1 atom stereocenters. The molecule has 1 aromatic carbocycles. The maximum absolute atomic E-state index is 11.9. The van der Waals surface area contributed by atoms with E-state index in [1.807, 2.05) is 36.4 Å². The summed E-state index contributed by atoms with van der Waals surface area (Å²) in [6.07, 6.45) is 6.76. The summed E-state index contributed by atoms with van der Waals surface area (Å²) < 4.78 is 0. The Labute approximate surface area is 117 Å². The van der Waals surface area contributed by atoms with Gasteiger partial charge < -0.3 is 5.32 Å². The van der Waals surface area contributed by atoms with Crippen LogP contribution in [0, 0.1) is 0 Å². The molecule has 0 aromatic heterocycles. The fourth-order valence-electron chi connectivity index (χ4n) is 2.56. The largest absolute Gasteiger partial charge is 0.377 e. The van der Waals surface area contributed by atoms with Gasteiger partial charge in [-0.05, 0) is 37.1 Å². The molecule has 2 nitrogen and oxygen atoms in total. The van der Waals surface area contributed by atoms with Crippen molar-refractivity contribution in [2.45, 2.75) is 19.4 Å². The minimum absolute atomic E-state index is 0.0569. The third-order valence-electron chi connectivity index (χ3n) is 3.51. The lowest BCUT2D eigenvalue weighted by atomic mass is 9.95. The number of benzene rings is 1. The summed E-state index contributed by atoms with van der Waals surface area (Å²) in [5.74, 6) is 0.0569. The van der Waals surface area contributed by atoms with E-state index in [1.54, 1.807) is 6.92 Å². The normalized spacial score (nSPS) is 20.9. The Morgan fingerprint density at radius 1 is 1.37 bits per heavy atom. The van der Waals surface area contributed by atoms with Gasteiger partial charge in [-0.2, -0.15) is 0 Å². The van der Waals surface area contributed by atoms with E-state index in [2.05, 4.69) is 11.4 Å². The van der Waals surface area contributed by atoms with Crippen molar-refractivity contribution < 1.29 is 4.79 Å². The number of nitrogens with one attached hydrogen (secondary N) is 1. The molecule has 1 heterocycles. The van der Waals surface area contributed by atoms with Crippen LogP contribution in [0.15, 0.2) is 53.1 Å². The first-order valence-corrected chi connectivity index (χ1v) is 6.69. The van der Waals surface area contributed by atoms with Gasteiger partial charge in [0.05, 0.1) is 6.04 Å². The second-order valence-electron chi connectivity index (χ2n) is 4.80. The lowest BCUT2D eigenvalue weighted by molar-refractivity contribution is -0.111. The highest BCUT2D eigenvalue weighted by atomic mass is 35.5. The number of rotatable bonds is 1. The first-order valence-electron chi connectivity index (χ1n) is 6.31. The number of para-hydroxylation sites is 1. The molecule has 2 aliphatic rings. The molecule has 0 saturated carbocycles. The van der Waals surface area contributed by atoms with Crippen LogP contribution in [-0.2, 0) is 4.79 Å². The maximum atomic E-state index is 11.9. The van der Waals surface area contributed by atoms with Crippen LogP contribution in [0.25, 0.3) is 5.57 Å². The van der Waals surface area contributed by atoms with E-state index in [-0.39, 0.29) is 11.8 Å². The number of hydrogen-bond donors (Lipinski definition) is 1. The van der Waals surface area contributed by atoms with Crippen LogP contribution < -0.4 is 5.32 Å². The van der Waals surface area contributed by atoms with E-state index in [4.69, 9.17) is 11.6 Å². The van der Waals surface area contributed by atoms with E-state index in [0.29, 0.717) is 10.6 Å². The van der Waals surface area contributed by atoms with Gasteiger partial charge in [0.2, 0.25) is 0 Å². The highest BCUT2D eigenvalue weighted by Gasteiger charge is 2.24. The van der Waals surface area contributed by atoms with E-state index in [9.17, 15) is 4.79 Å². The molecule has 1 aromatic rings. The van der Waals surface area contributed by atoms with E-state index >= 15 is 0 Å². The molecule has 0 bridgehead atoms. The van der Waals surface area contributed by atoms with Crippen molar-refractivity contribution in [3.63, 3.8) is 0 Å². The topological polar surface area (TPSA) is 29.1 Å². The van der Waals surface area contributed by atoms with Gasteiger partial charge in [0, 0.05) is 21.9 Å². The van der Waals surface area contributed by atoms with Crippen LogP contribution in [-0.4, -0.2) is 11.8 Å². The van der Waals surface area contributed by atoms with Crippen LogP contribution in [0.3, 0.4) is 0 Å². The SMILES string of the molecule is CC(=O)C1=CC2=C(Cl)C=CCC2Nc2ccccc21. The molecule has 1 unspecified atom stereocenters. The fraction of sp³-hybridized carbons (Fsp3) is 0.188. The predicted octanol–water partition coefficient (Wildman–Crippen LogP) is 3.91. The third-order valence-corrected chi connectivity index (χ3v) is 3.86. The fourth-order valence-corrected chi connectivity index (χ4v) is 2.83. The average molecular weight is 272 g/mol. The number of hydrogen-bond acceptors (Lipinski definition) is 2. The van der Waals surface area contributed by atoms with Gasteiger partial charge in [0.25, 0.3) is 0 Å². The number of ketones is 1. The molecule has 19 heavy (non-hydrogen) atoms. The highest BCUT2D eigenvalue weighted by Crippen LogP contribution is 2.35. The van der Waals surface area contributed by atoms with E-state index in [1.165, 1.54) is 0 Å². The Hall–Kier alpha value is -1.80. The second-order valence-corrected chi connectivity index (χ2v) is 5.21. The Morgan fingerprint density at radius 3 is 2.95 bits per heavy atom. The lowest BCUT2D eigenvalue weighted by Gasteiger charge is -2.22. The molecule has 1 N–H and O–H groups in total. The molecule has 3 rings (SSSR count). The molecule has 3 heteroatoms. The summed E-state index contributed by atoms with van der Waals surface area (Å²) in [4.78, 5) is 11.9. The summed E-state index contributed by atoms with van der Waals surface area (Å²) in [5, 5.41) is 4.18. The van der Waals surface area contributed by atoms with E-state index in [0.717, 1.165) is 23.2 Å². The van der Waals surface area contributed by atoms with Crippen molar-refractivity contribution >= 4 is 28.6 Å². The third kappa shape index (κ3) is 2.13. The van der Waals surface area contributed by atoms with Gasteiger partial charge in [-0.15, -0.1) is 0 Å². The molecule has 0 fully saturated rings.